The third-order valence-corrected chi connectivity index (χ3v) is 5.21. The minimum atomic E-state index is 0.453. The lowest BCUT2D eigenvalue weighted by molar-refractivity contribution is 0.625. The molecule has 128 valence electrons. The van der Waals surface area contributed by atoms with E-state index in [0.717, 1.165) is 27.9 Å². The molecule has 2 N–H and O–H groups in total. The molecule has 0 amide bonds. The van der Waals surface area contributed by atoms with E-state index in [9.17, 15) is 0 Å². The maximum atomic E-state index is 5.85. The fourth-order valence-electron chi connectivity index (χ4n) is 2.94. The molecule has 5 aromatic rings. The molecule has 0 saturated heterocycles. The smallest absolute Gasteiger partial charge is 0.239 e. The number of nitrogens with one attached hydrogen (secondary N) is 2. The number of furan rings is 1. The van der Waals surface area contributed by atoms with Crippen LogP contribution in [0.3, 0.4) is 0 Å². The van der Waals surface area contributed by atoms with Crippen LogP contribution in [0.4, 0.5) is 5.69 Å². The molecule has 0 aliphatic heterocycles. The Morgan fingerprint density at radius 2 is 2.12 bits per heavy atom. The summed E-state index contributed by atoms with van der Waals surface area (Å²) in [6.45, 7) is 2.74. The highest BCUT2D eigenvalue weighted by atomic mass is 32.1. The van der Waals surface area contributed by atoms with E-state index in [-0.39, 0.29) is 0 Å². The normalized spacial score (nSPS) is 11.4. The summed E-state index contributed by atoms with van der Waals surface area (Å²) in [5.74, 6) is 1.05. The molecule has 0 aliphatic carbocycles. The van der Waals surface area contributed by atoms with Gasteiger partial charge in [0.15, 0.2) is 5.76 Å². The maximum Gasteiger partial charge on any atom is 0.239 e. The first-order valence-electron chi connectivity index (χ1n) is 8.12. The van der Waals surface area contributed by atoms with Crippen LogP contribution in [0.25, 0.3) is 32.6 Å². The molecule has 0 fully saturated rings. The van der Waals surface area contributed by atoms with Gasteiger partial charge in [-0.15, -0.1) is 10.2 Å². The van der Waals surface area contributed by atoms with E-state index in [1.165, 1.54) is 21.6 Å². The first-order chi connectivity index (χ1) is 12.8. The molecular formula is C18H14N6OS. The van der Waals surface area contributed by atoms with Gasteiger partial charge in [0.1, 0.15) is 5.58 Å². The van der Waals surface area contributed by atoms with E-state index in [0.29, 0.717) is 18.1 Å². The van der Waals surface area contributed by atoms with E-state index in [2.05, 4.69) is 54.6 Å². The predicted molar refractivity (Wildman–Crippen MR) is 101 cm³/mol. The number of tetrazole rings is 1. The van der Waals surface area contributed by atoms with Crippen molar-refractivity contribution in [3.8, 4) is 11.6 Å². The van der Waals surface area contributed by atoms with Crippen molar-refractivity contribution in [1.82, 2.24) is 25.0 Å². The highest BCUT2D eigenvalue weighted by Gasteiger charge is 2.10. The Labute approximate surface area is 152 Å². The third-order valence-electron chi connectivity index (χ3n) is 4.30. The van der Waals surface area contributed by atoms with Crippen molar-refractivity contribution in [2.24, 2.45) is 0 Å². The van der Waals surface area contributed by atoms with Gasteiger partial charge in [-0.2, -0.15) is 9.59 Å². The lowest BCUT2D eigenvalue weighted by atomic mass is 10.1. The van der Waals surface area contributed by atoms with Gasteiger partial charge >= 0.3 is 0 Å². The fourth-order valence-corrected chi connectivity index (χ4v) is 3.70. The van der Waals surface area contributed by atoms with Crippen molar-refractivity contribution in [2.45, 2.75) is 13.5 Å². The molecule has 0 saturated carbocycles. The average molecular weight is 362 g/mol. The molecule has 0 bridgehead atoms. The van der Waals surface area contributed by atoms with E-state index in [4.69, 9.17) is 4.42 Å². The number of benzene rings is 2. The second-order valence-corrected chi connectivity index (χ2v) is 6.86. The molecule has 8 heteroatoms. The van der Waals surface area contributed by atoms with Crippen LogP contribution in [0.15, 0.2) is 46.9 Å². The molecule has 26 heavy (non-hydrogen) atoms. The highest BCUT2D eigenvalue weighted by Crippen LogP contribution is 2.27. The first-order valence-corrected chi connectivity index (χ1v) is 8.90. The SMILES string of the molecule is Cc1nsc2ccc(NCc3ccc4cc(-c5nn[nH]n5)oc4c3)cc12. The number of fused-ring (bicyclic) bond motifs is 2. The summed E-state index contributed by atoms with van der Waals surface area (Å²) in [5, 5.41) is 19.6. The molecule has 0 unspecified atom stereocenters. The van der Waals surface area contributed by atoms with E-state index >= 15 is 0 Å². The number of hydrogen-bond donors (Lipinski definition) is 2. The van der Waals surface area contributed by atoms with Crippen LogP contribution in [0.5, 0.6) is 0 Å². The Kier molecular flexibility index (Phi) is 3.42. The summed E-state index contributed by atoms with van der Waals surface area (Å²) in [6.07, 6.45) is 0. The average Bonchev–Trinajstić information content (AvgIpc) is 3.39. The van der Waals surface area contributed by atoms with E-state index in [1.807, 2.05) is 25.1 Å². The number of rotatable bonds is 4. The fraction of sp³-hybridized carbons (Fsp3) is 0.111. The van der Waals surface area contributed by atoms with Crippen LogP contribution < -0.4 is 5.32 Å². The standard InChI is InChI=1S/C18H14N6OS/c1-10-14-8-13(4-5-17(14)26-22-10)19-9-11-2-3-12-7-16(25-15(12)6-11)18-20-23-24-21-18/h2-8,19H,9H2,1H3,(H,20,21,23,24). The van der Waals surface area contributed by atoms with Crippen LogP contribution in [0, 0.1) is 6.92 Å². The lowest BCUT2D eigenvalue weighted by Crippen LogP contribution is -1.98. The van der Waals surface area contributed by atoms with Crippen LogP contribution in [-0.2, 0) is 6.54 Å². The predicted octanol–water partition coefficient (Wildman–Crippen LogP) is 4.14. The molecular weight excluding hydrogens is 348 g/mol. The van der Waals surface area contributed by atoms with Crippen molar-refractivity contribution in [3.63, 3.8) is 0 Å². The van der Waals surface area contributed by atoms with Crippen LogP contribution in [0.1, 0.15) is 11.3 Å². The highest BCUT2D eigenvalue weighted by molar-refractivity contribution is 7.13. The van der Waals surface area contributed by atoms with Gasteiger partial charge in [0.25, 0.3) is 0 Å². The van der Waals surface area contributed by atoms with E-state index in [1.54, 1.807) is 0 Å². The number of aromatic nitrogens is 5. The van der Waals surface area contributed by atoms with Crippen molar-refractivity contribution in [1.29, 1.82) is 0 Å². The molecule has 0 atom stereocenters. The van der Waals surface area contributed by atoms with Gasteiger partial charge in [-0.05, 0) is 59.6 Å². The van der Waals surface area contributed by atoms with E-state index < -0.39 is 0 Å². The summed E-state index contributed by atoms with van der Waals surface area (Å²) < 4.78 is 11.5. The Morgan fingerprint density at radius 1 is 1.15 bits per heavy atom. The minimum Gasteiger partial charge on any atom is -0.453 e. The Hall–Kier alpha value is -3.26. The number of H-pyrrole nitrogens is 1. The largest absolute Gasteiger partial charge is 0.453 e. The summed E-state index contributed by atoms with van der Waals surface area (Å²) in [5.41, 5.74) is 4.08. The van der Waals surface area contributed by atoms with Gasteiger partial charge < -0.3 is 9.73 Å². The monoisotopic (exact) mass is 362 g/mol. The van der Waals surface area contributed by atoms with Gasteiger partial charge in [0.2, 0.25) is 5.82 Å². The second kappa shape index (κ2) is 5.92. The summed E-state index contributed by atoms with van der Waals surface area (Å²) in [4.78, 5) is 0. The van der Waals surface area contributed by atoms with Crippen molar-refractivity contribution in [2.75, 3.05) is 5.32 Å². The Morgan fingerprint density at radius 3 is 3.00 bits per heavy atom. The number of nitrogens with zero attached hydrogens (tertiary/aromatic N) is 4. The van der Waals surface area contributed by atoms with Crippen molar-refractivity contribution < 1.29 is 4.42 Å². The number of hydrogen-bond acceptors (Lipinski definition) is 7. The lowest BCUT2D eigenvalue weighted by Gasteiger charge is -2.07. The summed E-state index contributed by atoms with van der Waals surface area (Å²) in [7, 11) is 0. The molecule has 0 radical (unpaired) electrons. The molecule has 5 rings (SSSR count). The van der Waals surface area contributed by atoms with Gasteiger partial charge in [0, 0.05) is 23.0 Å². The summed E-state index contributed by atoms with van der Waals surface area (Å²) in [6, 6.07) is 14.4. The van der Waals surface area contributed by atoms with Gasteiger partial charge in [-0.3, -0.25) is 0 Å². The zero-order valence-electron chi connectivity index (χ0n) is 13.9. The Bertz CT molecular complexity index is 1210. The number of aromatic amines is 1. The van der Waals surface area contributed by atoms with Crippen molar-refractivity contribution >= 4 is 38.3 Å². The number of aryl methyl sites for hydroxylation is 1. The quantitative estimate of drug-likeness (QED) is 0.499. The van der Waals surface area contributed by atoms with Crippen molar-refractivity contribution in [3.05, 3.63) is 53.7 Å². The molecule has 3 aromatic heterocycles. The van der Waals surface area contributed by atoms with Gasteiger partial charge in [0.05, 0.1) is 10.4 Å². The second-order valence-electron chi connectivity index (χ2n) is 6.05. The zero-order valence-corrected chi connectivity index (χ0v) is 14.7. The molecule has 2 aromatic carbocycles. The zero-order chi connectivity index (χ0) is 17.5. The van der Waals surface area contributed by atoms with Gasteiger partial charge in [-0.25, -0.2) is 0 Å². The van der Waals surface area contributed by atoms with Crippen LogP contribution in [0.2, 0.25) is 0 Å². The molecule has 3 heterocycles. The van der Waals surface area contributed by atoms with Crippen LogP contribution >= 0.6 is 11.5 Å². The van der Waals surface area contributed by atoms with Crippen LogP contribution in [-0.4, -0.2) is 25.0 Å². The first kappa shape index (κ1) is 15.0. The molecule has 0 aliphatic rings. The third kappa shape index (κ3) is 2.60. The molecule has 7 nitrogen and oxygen atoms in total. The van der Waals surface area contributed by atoms with Gasteiger partial charge in [-0.1, -0.05) is 12.1 Å². The number of anilines is 1. The maximum absolute atomic E-state index is 5.85. The molecule has 0 spiro atoms. The minimum absolute atomic E-state index is 0.453. The topological polar surface area (TPSA) is 92.5 Å². The summed E-state index contributed by atoms with van der Waals surface area (Å²) >= 11 is 1.53. The Balaban J connectivity index is 1.39.